The van der Waals surface area contributed by atoms with Crippen LogP contribution in [0.3, 0.4) is 0 Å². The van der Waals surface area contributed by atoms with E-state index in [1.807, 2.05) is 38.1 Å². The fraction of sp³-hybridized carbons (Fsp3) is 0.650. The molecule has 23 heavy (non-hydrogen) atoms. The Morgan fingerprint density at radius 1 is 1.13 bits per heavy atom. The van der Waals surface area contributed by atoms with Crippen LogP contribution in [0.1, 0.15) is 51.0 Å². The molecule has 0 saturated heterocycles. The molecule has 1 aromatic carbocycles. The Kier molecular flexibility index (Phi) is 3.62. The van der Waals surface area contributed by atoms with Crippen LogP contribution in [-0.4, -0.2) is 17.6 Å². The Hall–Kier alpha value is -1.51. The summed E-state index contributed by atoms with van der Waals surface area (Å²) in [7, 11) is 0. The molecule has 124 valence electrons. The lowest BCUT2D eigenvalue weighted by atomic mass is 9.53. The van der Waals surface area contributed by atoms with Crippen molar-refractivity contribution in [1.82, 2.24) is 5.32 Å². The Morgan fingerprint density at radius 3 is 2.26 bits per heavy atom. The highest BCUT2D eigenvalue weighted by molar-refractivity contribution is 5.81. The number of carbonyl (C=O) groups is 1. The van der Waals surface area contributed by atoms with E-state index in [9.17, 15) is 4.79 Å². The first-order valence-corrected chi connectivity index (χ1v) is 9.07. The molecule has 0 heterocycles. The van der Waals surface area contributed by atoms with Crippen molar-refractivity contribution in [3.63, 3.8) is 0 Å². The number of hydrogen-bond donors (Lipinski definition) is 1. The molecular formula is C20H27NO2. The normalized spacial score (nSPS) is 35.8. The van der Waals surface area contributed by atoms with Gasteiger partial charge in [0.25, 0.3) is 5.91 Å². The van der Waals surface area contributed by atoms with Gasteiger partial charge in [-0.2, -0.15) is 0 Å². The van der Waals surface area contributed by atoms with Crippen molar-refractivity contribution in [2.75, 3.05) is 0 Å². The standard InChI is InChI=1S/C20H27NO2/c1-13-5-3-4-6-18(13)23-14(2)19(22)21-20-10-15-7-16(11-20)9-17(8-15)12-20/h3-6,14-17H,7-12H2,1-2H3,(H,21,22)/t14-,15?,16?,17?,20?/m1/s1. The topological polar surface area (TPSA) is 38.3 Å². The molecule has 5 rings (SSSR count). The molecule has 0 unspecified atom stereocenters. The van der Waals surface area contributed by atoms with E-state index in [-0.39, 0.29) is 11.4 Å². The van der Waals surface area contributed by atoms with E-state index in [1.165, 1.54) is 38.5 Å². The minimum absolute atomic E-state index is 0.0511. The molecule has 4 saturated carbocycles. The predicted octanol–water partition coefficient (Wildman–Crippen LogP) is 3.85. The first-order valence-electron chi connectivity index (χ1n) is 9.07. The molecule has 1 N–H and O–H groups in total. The second-order valence-corrected chi connectivity index (χ2v) is 8.21. The molecule has 4 fully saturated rings. The molecule has 0 aromatic heterocycles. The van der Waals surface area contributed by atoms with Crippen LogP contribution >= 0.6 is 0 Å². The Bertz CT molecular complexity index is 574. The van der Waals surface area contributed by atoms with E-state index >= 15 is 0 Å². The smallest absolute Gasteiger partial charge is 0.261 e. The van der Waals surface area contributed by atoms with Crippen molar-refractivity contribution in [3.05, 3.63) is 29.8 Å². The summed E-state index contributed by atoms with van der Waals surface area (Å²) in [5, 5.41) is 3.40. The van der Waals surface area contributed by atoms with Crippen molar-refractivity contribution < 1.29 is 9.53 Å². The highest BCUT2D eigenvalue weighted by Crippen LogP contribution is 2.55. The average Bonchev–Trinajstić information content (AvgIpc) is 2.47. The maximum absolute atomic E-state index is 12.7. The molecule has 1 amide bonds. The largest absolute Gasteiger partial charge is 0.481 e. The first-order chi connectivity index (χ1) is 11.0. The molecule has 3 nitrogen and oxygen atoms in total. The number of amides is 1. The lowest BCUT2D eigenvalue weighted by molar-refractivity contribution is -0.133. The Morgan fingerprint density at radius 2 is 1.70 bits per heavy atom. The van der Waals surface area contributed by atoms with Crippen LogP contribution in [-0.2, 0) is 4.79 Å². The van der Waals surface area contributed by atoms with Crippen LogP contribution in [0.5, 0.6) is 5.75 Å². The minimum atomic E-state index is -0.441. The number of nitrogens with one attached hydrogen (secondary N) is 1. The lowest BCUT2D eigenvalue weighted by Crippen LogP contribution is -2.61. The zero-order valence-corrected chi connectivity index (χ0v) is 14.2. The second-order valence-electron chi connectivity index (χ2n) is 8.21. The van der Waals surface area contributed by atoms with Crippen molar-refractivity contribution in [2.45, 2.75) is 64.0 Å². The summed E-state index contributed by atoms with van der Waals surface area (Å²) in [4.78, 5) is 12.7. The molecule has 1 aromatic rings. The molecule has 0 radical (unpaired) electrons. The highest BCUT2D eigenvalue weighted by Gasteiger charge is 2.51. The Balaban J connectivity index is 1.42. The van der Waals surface area contributed by atoms with Gasteiger partial charge in [0.05, 0.1) is 0 Å². The second kappa shape index (κ2) is 5.54. The Labute approximate surface area is 138 Å². The van der Waals surface area contributed by atoms with Gasteiger partial charge in [-0.05, 0) is 81.8 Å². The van der Waals surface area contributed by atoms with Gasteiger partial charge in [0.2, 0.25) is 0 Å². The van der Waals surface area contributed by atoms with E-state index in [4.69, 9.17) is 4.74 Å². The average molecular weight is 313 g/mol. The molecule has 4 aliphatic rings. The lowest BCUT2D eigenvalue weighted by Gasteiger charge is -2.57. The maximum atomic E-state index is 12.7. The van der Waals surface area contributed by atoms with Gasteiger partial charge < -0.3 is 10.1 Å². The van der Waals surface area contributed by atoms with Gasteiger partial charge in [0.1, 0.15) is 5.75 Å². The van der Waals surface area contributed by atoms with E-state index < -0.39 is 6.10 Å². The summed E-state index contributed by atoms with van der Waals surface area (Å²) < 4.78 is 5.91. The third kappa shape index (κ3) is 2.86. The number of carbonyl (C=O) groups excluding carboxylic acids is 1. The van der Waals surface area contributed by atoms with E-state index in [0.29, 0.717) is 0 Å². The zero-order valence-electron chi connectivity index (χ0n) is 14.2. The van der Waals surface area contributed by atoms with Gasteiger partial charge in [0.15, 0.2) is 6.10 Å². The number of hydrogen-bond acceptors (Lipinski definition) is 2. The van der Waals surface area contributed by atoms with Crippen LogP contribution in [0, 0.1) is 24.7 Å². The summed E-state index contributed by atoms with van der Waals surface area (Å²) in [5.41, 5.74) is 1.14. The molecule has 4 bridgehead atoms. The number of rotatable bonds is 4. The van der Waals surface area contributed by atoms with Crippen molar-refractivity contribution in [2.24, 2.45) is 17.8 Å². The van der Waals surface area contributed by atoms with E-state index in [0.717, 1.165) is 29.1 Å². The maximum Gasteiger partial charge on any atom is 0.261 e. The molecule has 1 atom stereocenters. The van der Waals surface area contributed by atoms with Crippen LogP contribution in [0.4, 0.5) is 0 Å². The number of ether oxygens (including phenoxy) is 1. The molecule has 0 aliphatic heterocycles. The third-order valence-electron chi connectivity index (χ3n) is 6.19. The van der Waals surface area contributed by atoms with Crippen LogP contribution < -0.4 is 10.1 Å². The van der Waals surface area contributed by atoms with E-state index in [2.05, 4.69) is 5.32 Å². The van der Waals surface area contributed by atoms with Gasteiger partial charge in [-0.3, -0.25) is 4.79 Å². The predicted molar refractivity (Wildman–Crippen MR) is 90.3 cm³/mol. The van der Waals surface area contributed by atoms with Gasteiger partial charge in [-0.15, -0.1) is 0 Å². The van der Waals surface area contributed by atoms with Crippen molar-refractivity contribution >= 4 is 5.91 Å². The summed E-state index contributed by atoms with van der Waals surface area (Å²) in [6.07, 6.45) is 7.29. The fourth-order valence-corrected chi connectivity index (χ4v) is 5.56. The van der Waals surface area contributed by atoms with Gasteiger partial charge >= 0.3 is 0 Å². The van der Waals surface area contributed by atoms with Gasteiger partial charge in [-0.1, -0.05) is 18.2 Å². The van der Waals surface area contributed by atoms with E-state index in [1.54, 1.807) is 0 Å². The molecule has 0 spiro atoms. The summed E-state index contributed by atoms with van der Waals surface area (Å²) in [6, 6.07) is 7.89. The van der Waals surface area contributed by atoms with Gasteiger partial charge in [0, 0.05) is 5.54 Å². The van der Waals surface area contributed by atoms with Crippen molar-refractivity contribution in [1.29, 1.82) is 0 Å². The first kappa shape index (κ1) is 15.0. The fourth-order valence-electron chi connectivity index (χ4n) is 5.56. The number of aryl methyl sites for hydroxylation is 1. The zero-order chi connectivity index (χ0) is 16.0. The third-order valence-corrected chi connectivity index (χ3v) is 6.19. The molecule has 3 heteroatoms. The monoisotopic (exact) mass is 313 g/mol. The summed E-state index contributed by atoms with van der Waals surface area (Å²) in [6.45, 7) is 3.88. The van der Waals surface area contributed by atoms with Crippen LogP contribution in [0.2, 0.25) is 0 Å². The SMILES string of the molecule is Cc1ccccc1O[C@H](C)C(=O)NC12CC3CC(CC(C3)C1)C2. The summed E-state index contributed by atoms with van der Waals surface area (Å²) >= 11 is 0. The van der Waals surface area contributed by atoms with Crippen LogP contribution in [0.25, 0.3) is 0 Å². The molecule has 4 aliphatic carbocycles. The minimum Gasteiger partial charge on any atom is -0.481 e. The quantitative estimate of drug-likeness (QED) is 0.917. The molecular weight excluding hydrogens is 286 g/mol. The number of benzene rings is 1. The highest BCUT2D eigenvalue weighted by atomic mass is 16.5. The van der Waals surface area contributed by atoms with Gasteiger partial charge in [-0.25, -0.2) is 0 Å². The van der Waals surface area contributed by atoms with Crippen LogP contribution in [0.15, 0.2) is 24.3 Å². The summed E-state index contributed by atoms with van der Waals surface area (Å²) in [5.74, 6) is 3.38. The number of para-hydroxylation sites is 1. The van der Waals surface area contributed by atoms with Crippen molar-refractivity contribution in [3.8, 4) is 5.75 Å².